The Morgan fingerprint density at radius 3 is 2.24 bits per heavy atom. The Bertz CT molecular complexity index is 302. The Morgan fingerprint density at radius 2 is 1.81 bits per heavy atom. The van der Waals surface area contributed by atoms with Gasteiger partial charge in [-0.2, -0.15) is 13.2 Å². The van der Waals surface area contributed by atoms with Crippen LogP contribution in [0.5, 0.6) is 0 Å². The molecule has 0 aliphatic carbocycles. The summed E-state index contributed by atoms with van der Waals surface area (Å²) < 4.78 is 39.0. The smallest absolute Gasteiger partial charge is 0.301 e. The van der Waals surface area contributed by atoms with Crippen molar-refractivity contribution in [2.24, 2.45) is 5.92 Å². The molecule has 0 aromatic heterocycles. The second-order valence-corrected chi connectivity index (χ2v) is 6.76. The summed E-state index contributed by atoms with van der Waals surface area (Å²) in [6.07, 6.45) is -2.70. The first-order chi connectivity index (χ1) is 9.66. The van der Waals surface area contributed by atoms with Crippen molar-refractivity contribution in [3.05, 3.63) is 0 Å². The molecule has 1 rings (SSSR count). The molecule has 0 amide bonds. The minimum Gasteiger partial charge on any atom is -0.301 e. The summed E-state index contributed by atoms with van der Waals surface area (Å²) in [5.74, 6) is -1.12. The lowest BCUT2D eigenvalue weighted by Gasteiger charge is -2.43. The lowest BCUT2D eigenvalue weighted by Crippen LogP contribution is -2.50. The van der Waals surface area contributed by atoms with Gasteiger partial charge in [-0.15, -0.1) is 0 Å². The van der Waals surface area contributed by atoms with Crippen LogP contribution in [0.25, 0.3) is 0 Å². The van der Waals surface area contributed by atoms with Crippen LogP contribution in [0.1, 0.15) is 53.9 Å². The molecule has 1 fully saturated rings. The molecule has 1 saturated heterocycles. The monoisotopic (exact) mass is 308 g/mol. The molecule has 2 unspecified atom stereocenters. The first-order valence-electron chi connectivity index (χ1n) is 8.23. The maximum Gasteiger partial charge on any atom is 0.391 e. The number of halogens is 3. The van der Waals surface area contributed by atoms with Gasteiger partial charge in [0.2, 0.25) is 0 Å². The molecule has 21 heavy (non-hydrogen) atoms. The zero-order chi connectivity index (χ0) is 16.2. The van der Waals surface area contributed by atoms with E-state index >= 15 is 0 Å². The number of alkyl halides is 3. The van der Waals surface area contributed by atoms with Crippen LogP contribution in [0.15, 0.2) is 0 Å². The van der Waals surface area contributed by atoms with Gasteiger partial charge in [0.05, 0.1) is 5.92 Å². The number of nitrogens with zero attached hydrogens (tertiary/aromatic N) is 2. The van der Waals surface area contributed by atoms with Crippen LogP contribution in [0.2, 0.25) is 0 Å². The molecular formula is C16H31F3N2. The lowest BCUT2D eigenvalue weighted by molar-refractivity contribution is -0.191. The predicted octanol–water partition coefficient (Wildman–Crippen LogP) is 4.16. The molecule has 0 spiro atoms. The molecule has 0 N–H and O–H groups in total. The Labute approximate surface area is 127 Å². The van der Waals surface area contributed by atoms with E-state index in [0.717, 1.165) is 19.5 Å². The highest BCUT2D eigenvalue weighted by Crippen LogP contribution is 2.38. The van der Waals surface area contributed by atoms with Crippen LogP contribution in [0.4, 0.5) is 13.2 Å². The maximum atomic E-state index is 13.0. The van der Waals surface area contributed by atoms with Gasteiger partial charge in [0, 0.05) is 18.1 Å². The molecule has 1 aliphatic heterocycles. The van der Waals surface area contributed by atoms with Crippen molar-refractivity contribution in [2.45, 2.75) is 78.2 Å². The minimum absolute atomic E-state index is 0.0539. The topological polar surface area (TPSA) is 6.48 Å². The quantitative estimate of drug-likeness (QED) is 0.727. The van der Waals surface area contributed by atoms with Gasteiger partial charge in [-0.1, -0.05) is 6.92 Å². The van der Waals surface area contributed by atoms with E-state index < -0.39 is 12.1 Å². The third kappa shape index (κ3) is 5.44. The first kappa shape index (κ1) is 18.8. The van der Waals surface area contributed by atoms with Gasteiger partial charge in [0.1, 0.15) is 0 Å². The summed E-state index contributed by atoms with van der Waals surface area (Å²) in [5.41, 5.74) is 0. The summed E-state index contributed by atoms with van der Waals surface area (Å²) >= 11 is 0. The third-order valence-electron chi connectivity index (χ3n) is 4.77. The molecular weight excluding hydrogens is 277 g/mol. The summed E-state index contributed by atoms with van der Waals surface area (Å²) in [5, 5.41) is 0. The number of hydrogen-bond donors (Lipinski definition) is 0. The predicted molar refractivity (Wildman–Crippen MR) is 81.4 cm³/mol. The van der Waals surface area contributed by atoms with Crippen molar-refractivity contribution in [1.29, 1.82) is 0 Å². The average Bonchev–Trinajstić information content (AvgIpc) is 2.37. The standard InChI is InChI=1S/C16H31F3N2/c1-6-20(12(2)3)9-8-15-11-14(16(17,18)19)7-10-21(15)13(4)5/h12-15H,6-11H2,1-5H3. The SMILES string of the molecule is CCN(CCC1CC(C(F)(F)F)CCN1C(C)C)C(C)C. The molecule has 0 aromatic carbocycles. The van der Waals surface area contributed by atoms with Gasteiger partial charge in [-0.25, -0.2) is 0 Å². The molecule has 1 aliphatic rings. The summed E-state index contributed by atoms with van der Waals surface area (Å²) in [6, 6.07) is 0.820. The van der Waals surface area contributed by atoms with Crippen molar-refractivity contribution in [3.63, 3.8) is 0 Å². The second-order valence-electron chi connectivity index (χ2n) is 6.76. The van der Waals surface area contributed by atoms with E-state index in [0.29, 0.717) is 18.6 Å². The molecule has 2 nitrogen and oxygen atoms in total. The highest BCUT2D eigenvalue weighted by Gasteiger charge is 2.44. The van der Waals surface area contributed by atoms with Crippen LogP contribution in [-0.4, -0.2) is 53.7 Å². The van der Waals surface area contributed by atoms with E-state index in [1.54, 1.807) is 0 Å². The Morgan fingerprint density at radius 1 is 1.19 bits per heavy atom. The van der Waals surface area contributed by atoms with Gasteiger partial charge in [-0.3, -0.25) is 4.90 Å². The molecule has 2 atom stereocenters. The fraction of sp³-hybridized carbons (Fsp3) is 1.00. The van der Waals surface area contributed by atoms with Crippen LogP contribution in [0, 0.1) is 5.92 Å². The van der Waals surface area contributed by atoms with Crippen LogP contribution < -0.4 is 0 Å². The molecule has 5 heteroatoms. The van der Waals surface area contributed by atoms with Crippen molar-refractivity contribution in [2.75, 3.05) is 19.6 Å². The van der Waals surface area contributed by atoms with E-state index in [1.807, 2.05) is 0 Å². The molecule has 1 heterocycles. The largest absolute Gasteiger partial charge is 0.391 e. The normalized spacial score (nSPS) is 25.3. The molecule has 126 valence electrons. The summed E-state index contributed by atoms with van der Waals surface area (Å²) in [4.78, 5) is 4.59. The van der Waals surface area contributed by atoms with Crippen molar-refractivity contribution < 1.29 is 13.2 Å². The molecule has 0 saturated carbocycles. The first-order valence-corrected chi connectivity index (χ1v) is 8.23. The Hall–Kier alpha value is -0.290. The van der Waals surface area contributed by atoms with Crippen LogP contribution >= 0.6 is 0 Å². The molecule has 0 aromatic rings. The average molecular weight is 308 g/mol. The van der Waals surface area contributed by atoms with Gasteiger partial charge in [0.25, 0.3) is 0 Å². The summed E-state index contributed by atoms with van der Waals surface area (Å²) in [6.45, 7) is 13.0. The molecule has 0 bridgehead atoms. The van der Waals surface area contributed by atoms with Crippen molar-refractivity contribution >= 4 is 0 Å². The van der Waals surface area contributed by atoms with Gasteiger partial charge in [0.15, 0.2) is 0 Å². The zero-order valence-electron chi connectivity index (χ0n) is 14.1. The zero-order valence-corrected chi connectivity index (χ0v) is 14.1. The van der Waals surface area contributed by atoms with E-state index in [1.165, 1.54) is 0 Å². The number of likely N-dealkylation sites (tertiary alicyclic amines) is 1. The van der Waals surface area contributed by atoms with E-state index in [2.05, 4.69) is 44.4 Å². The Balaban J connectivity index is 2.67. The van der Waals surface area contributed by atoms with E-state index in [-0.39, 0.29) is 18.9 Å². The van der Waals surface area contributed by atoms with Crippen molar-refractivity contribution in [3.8, 4) is 0 Å². The minimum atomic E-state index is -4.04. The molecule has 0 radical (unpaired) electrons. The Kier molecular flexibility index (Phi) is 6.98. The third-order valence-corrected chi connectivity index (χ3v) is 4.77. The fourth-order valence-electron chi connectivity index (χ4n) is 3.43. The highest BCUT2D eigenvalue weighted by molar-refractivity contribution is 4.87. The van der Waals surface area contributed by atoms with E-state index in [4.69, 9.17) is 0 Å². The number of rotatable bonds is 6. The van der Waals surface area contributed by atoms with Gasteiger partial charge < -0.3 is 4.90 Å². The van der Waals surface area contributed by atoms with Crippen LogP contribution in [-0.2, 0) is 0 Å². The highest BCUT2D eigenvalue weighted by atomic mass is 19.4. The number of piperidine rings is 1. The van der Waals surface area contributed by atoms with E-state index in [9.17, 15) is 13.2 Å². The summed E-state index contributed by atoms with van der Waals surface area (Å²) in [7, 11) is 0. The van der Waals surface area contributed by atoms with Crippen LogP contribution in [0.3, 0.4) is 0 Å². The fourth-order valence-corrected chi connectivity index (χ4v) is 3.43. The second kappa shape index (κ2) is 7.82. The van der Waals surface area contributed by atoms with Gasteiger partial charge in [-0.05, 0) is 66.6 Å². The van der Waals surface area contributed by atoms with Gasteiger partial charge >= 0.3 is 6.18 Å². The lowest BCUT2D eigenvalue weighted by atomic mass is 9.87. The maximum absolute atomic E-state index is 13.0. The van der Waals surface area contributed by atoms with Crippen molar-refractivity contribution in [1.82, 2.24) is 9.80 Å². The number of hydrogen-bond acceptors (Lipinski definition) is 2.